The number of thioether (sulfide) groups is 1. The van der Waals surface area contributed by atoms with E-state index in [1.165, 1.54) is 53.1 Å². The number of hydrogen-bond donors (Lipinski definition) is 2. The van der Waals surface area contributed by atoms with E-state index in [0.717, 1.165) is 5.56 Å². The lowest BCUT2D eigenvalue weighted by molar-refractivity contribution is -0.384. The van der Waals surface area contributed by atoms with Crippen molar-refractivity contribution in [3.05, 3.63) is 69.8 Å². The van der Waals surface area contributed by atoms with Crippen LogP contribution in [0, 0.1) is 17.0 Å². The molecule has 0 saturated carbocycles. The maximum atomic E-state index is 12.5. The number of non-ortho nitro benzene ring substituents is 1. The molecule has 0 spiro atoms. The van der Waals surface area contributed by atoms with Crippen molar-refractivity contribution in [1.29, 1.82) is 0 Å². The molecule has 35 heavy (non-hydrogen) atoms. The molecule has 0 aliphatic carbocycles. The van der Waals surface area contributed by atoms with Crippen molar-refractivity contribution in [3.63, 3.8) is 0 Å². The molecule has 2 aliphatic rings. The smallest absolute Gasteiger partial charge is 0.330 e. The van der Waals surface area contributed by atoms with E-state index in [1.54, 1.807) is 12.1 Å². The van der Waals surface area contributed by atoms with E-state index in [4.69, 9.17) is 15.0 Å². The van der Waals surface area contributed by atoms with Crippen LogP contribution in [-0.2, 0) is 31.1 Å². The van der Waals surface area contributed by atoms with Crippen LogP contribution in [-0.4, -0.2) is 56.9 Å². The Hall–Kier alpha value is -3.00. The number of nitrogens with zero attached hydrogens (tertiary/aromatic N) is 2. The highest BCUT2D eigenvalue weighted by Crippen LogP contribution is 2.50. The predicted molar refractivity (Wildman–Crippen MR) is 128 cm³/mol. The average molecular weight is 524 g/mol. The molecule has 3 N–H and O–H groups in total. The number of esters is 1. The maximum absolute atomic E-state index is 12.5. The van der Waals surface area contributed by atoms with Crippen molar-refractivity contribution in [1.82, 2.24) is 4.90 Å². The summed E-state index contributed by atoms with van der Waals surface area (Å²) in [5.74, 6) is -0.732. The molecule has 2 aromatic rings. The molecule has 2 heterocycles. The molecule has 0 bridgehead atoms. The molecule has 2 saturated heterocycles. The van der Waals surface area contributed by atoms with Gasteiger partial charge in [-0.25, -0.2) is 4.79 Å². The van der Waals surface area contributed by atoms with Gasteiger partial charge in [-0.2, -0.15) is 8.42 Å². The third-order valence-corrected chi connectivity index (χ3v) is 8.01. The first kappa shape index (κ1) is 26.6. The second-order valence-electron chi connectivity index (χ2n) is 8.61. The van der Waals surface area contributed by atoms with Crippen LogP contribution in [0.4, 0.5) is 5.69 Å². The van der Waals surface area contributed by atoms with E-state index < -0.39 is 37.8 Å². The summed E-state index contributed by atoms with van der Waals surface area (Å²) in [5, 5.41) is 10.4. The number of nitro groups is 1. The van der Waals surface area contributed by atoms with Gasteiger partial charge in [0.15, 0.2) is 0 Å². The quantitative estimate of drug-likeness (QED) is 0.195. The number of hydrogen-bond acceptors (Lipinski definition) is 9. The zero-order valence-corrected chi connectivity index (χ0v) is 20.8. The van der Waals surface area contributed by atoms with Crippen LogP contribution in [0.3, 0.4) is 0 Å². The molecular formula is C22H25N3O8S2. The van der Waals surface area contributed by atoms with Gasteiger partial charge in [-0.1, -0.05) is 17.7 Å². The summed E-state index contributed by atoms with van der Waals surface area (Å²) in [4.78, 5) is 36.0. The molecule has 11 nitrogen and oxygen atoms in total. The first-order valence-electron chi connectivity index (χ1n) is 10.4. The van der Waals surface area contributed by atoms with Crippen LogP contribution in [0.15, 0.2) is 53.4 Å². The minimum Gasteiger partial charge on any atom is -0.459 e. The minimum atomic E-state index is -4.02. The summed E-state index contributed by atoms with van der Waals surface area (Å²) in [7, 11) is -4.02. The Morgan fingerprint density at radius 2 is 1.77 bits per heavy atom. The van der Waals surface area contributed by atoms with Crippen LogP contribution in [0.25, 0.3) is 0 Å². The van der Waals surface area contributed by atoms with Gasteiger partial charge in [-0.15, -0.1) is 11.8 Å². The SMILES string of the molecule is CC1(C)S[C@H]2C(N)C(=O)N2C1C(=O)OCc1ccc([N+](=O)[O-])cc1.Cc1ccc(S(=O)(=O)O)cc1. The van der Waals surface area contributed by atoms with Gasteiger partial charge in [-0.05, 0) is 50.6 Å². The van der Waals surface area contributed by atoms with Crippen molar-refractivity contribution in [2.24, 2.45) is 5.73 Å². The molecule has 4 rings (SSSR count). The molecule has 2 aliphatic heterocycles. The monoisotopic (exact) mass is 523 g/mol. The van der Waals surface area contributed by atoms with Crippen LogP contribution in [0.2, 0.25) is 0 Å². The second-order valence-corrected chi connectivity index (χ2v) is 11.8. The number of amides is 1. The Bertz CT molecular complexity index is 1230. The molecule has 2 fully saturated rings. The number of benzene rings is 2. The first-order valence-corrected chi connectivity index (χ1v) is 12.7. The van der Waals surface area contributed by atoms with Crippen molar-refractivity contribution in [2.75, 3.05) is 0 Å². The average Bonchev–Trinajstić information content (AvgIpc) is 3.05. The largest absolute Gasteiger partial charge is 0.459 e. The number of nitrogens with two attached hydrogens (primary N) is 1. The maximum Gasteiger partial charge on any atom is 0.330 e. The van der Waals surface area contributed by atoms with Crippen LogP contribution >= 0.6 is 11.8 Å². The number of rotatable bonds is 5. The molecule has 3 atom stereocenters. The zero-order valence-electron chi connectivity index (χ0n) is 19.2. The summed E-state index contributed by atoms with van der Waals surface area (Å²) in [6.45, 7) is 5.60. The molecular weight excluding hydrogens is 498 g/mol. The summed E-state index contributed by atoms with van der Waals surface area (Å²) >= 11 is 1.50. The van der Waals surface area contributed by atoms with Crippen molar-refractivity contribution >= 4 is 39.4 Å². The Labute approximate surface area is 206 Å². The fourth-order valence-corrected chi connectivity index (χ4v) is 5.72. The highest BCUT2D eigenvalue weighted by atomic mass is 32.2. The number of carbonyl (C=O) groups excluding carboxylic acids is 2. The van der Waals surface area contributed by atoms with Gasteiger partial charge in [-0.3, -0.25) is 19.5 Å². The Balaban J connectivity index is 0.000000261. The lowest BCUT2D eigenvalue weighted by Gasteiger charge is -2.41. The number of carbonyl (C=O) groups is 2. The Morgan fingerprint density at radius 1 is 1.20 bits per heavy atom. The number of fused-ring (bicyclic) bond motifs is 1. The van der Waals surface area contributed by atoms with E-state index in [0.29, 0.717) is 5.56 Å². The predicted octanol–water partition coefficient (Wildman–Crippen LogP) is 2.27. The van der Waals surface area contributed by atoms with E-state index in [1.807, 2.05) is 20.8 Å². The van der Waals surface area contributed by atoms with Gasteiger partial charge in [0.25, 0.3) is 15.8 Å². The van der Waals surface area contributed by atoms with Crippen molar-refractivity contribution < 1.29 is 32.2 Å². The fraction of sp³-hybridized carbons (Fsp3) is 0.364. The highest BCUT2D eigenvalue weighted by molar-refractivity contribution is 8.01. The van der Waals surface area contributed by atoms with E-state index in [-0.39, 0.29) is 28.5 Å². The van der Waals surface area contributed by atoms with Gasteiger partial charge in [0, 0.05) is 16.9 Å². The lowest BCUT2D eigenvalue weighted by Crippen LogP contribution is -2.68. The number of β-lactam (4-membered cyclic amide) rings is 1. The van der Waals surface area contributed by atoms with E-state index >= 15 is 0 Å². The summed E-state index contributed by atoms with van der Waals surface area (Å²) in [6.07, 6.45) is 0. The van der Waals surface area contributed by atoms with Crippen LogP contribution in [0.5, 0.6) is 0 Å². The Kier molecular flexibility index (Phi) is 7.55. The molecule has 2 unspecified atom stereocenters. The van der Waals surface area contributed by atoms with Gasteiger partial charge in [0.05, 0.1) is 9.82 Å². The van der Waals surface area contributed by atoms with Gasteiger partial charge >= 0.3 is 5.97 Å². The topological polar surface area (TPSA) is 170 Å². The number of ether oxygens (including phenoxy) is 1. The van der Waals surface area contributed by atoms with Gasteiger partial charge < -0.3 is 15.4 Å². The summed E-state index contributed by atoms with van der Waals surface area (Å²) < 4.78 is 34.4. The molecule has 13 heteroatoms. The molecule has 188 valence electrons. The molecule has 0 aromatic heterocycles. The third kappa shape index (κ3) is 5.81. The fourth-order valence-electron chi connectivity index (χ4n) is 3.68. The van der Waals surface area contributed by atoms with Crippen molar-refractivity contribution in [3.8, 4) is 0 Å². The van der Waals surface area contributed by atoms with Crippen LogP contribution < -0.4 is 5.73 Å². The summed E-state index contributed by atoms with van der Waals surface area (Å²) in [5.41, 5.74) is 7.34. The van der Waals surface area contributed by atoms with E-state index in [2.05, 4.69) is 0 Å². The minimum absolute atomic E-state index is 0.00712. The molecule has 0 radical (unpaired) electrons. The van der Waals surface area contributed by atoms with Crippen LogP contribution in [0.1, 0.15) is 25.0 Å². The lowest BCUT2D eigenvalue weighted by atomic mass is 9.96. The van der Waals surface area contributed by atoms with Crippen molar-refractivity contribution in [2.45, 2.75) is 54.5 Å². The number of aryl methyl sites for hydroxylation is 1. The molecule has 1 amide bonds. The Morgan fingerprint density at radius 3 is 2.29 bits per heavy atom. The zero-order chi connectivity index (χ0) is 26.1. The molecule has 2 aromatic carbocycles. The third-order valence-electron chi connectivity index (χ3n) is 5.55. The van der Waals surface area contributed by atoms with Gasteiger partial charge in [0.1, 0.15) is 24.1 Å². The summed E-state index contributed by atoms with van der Waals surface area (Å²) in [6, 6.07) is 10.5. The normalized spacial score (nSPS) is 22.4. The van der Waals surface area contributed by atoms with Gasteiger partial charge in [0.2, 0.25) is 5.91 Å². The highest BCUT2D eigenvalue weighted by Gasteiger charge is 2.63. The first-order chi connectivity index (χ1) is 16.2. The standard InChI is InChI=1S/C15H17N3O5S.C7H8O3S/c1-15(2)11(17-12(19)10(16)13(17)24-15)14(20)23-7-8-3-5-9(6-4-8)18(21)22;1-6-2-4-7(5-3-6)11(8,9)10/h3-6,10-11,13H,7,16H2,1-2H3;2-5H,1H3,(H,8,9,10)/t10?,11?,13-;/m0./s1. The number of nitro benzene ring substituents is 1. The second kappa shape index (κ2) is 9.93. The van der Waals surface area contributed by atoms with E-state index in [9.17, 15) is 28.1 Å².